The fourth-order valence-corrected chi connectivity index (χ4v) is 4.34. The van der Waals surface area contributed by atoms with Gasteiger partial charge in [-0.25, -0.2) is 22.0 Å². The zero-order valence-electron chi connectivity index (χ0n) is 17.2. The zero-order chi connectivity index (χ0) is 23.0. The molecule has 168 valence electrons. The second kappa shape index (κ2) is 11.0. The Labute approximate surface area is 180 Å². The molecule has 0 saturated carbocycles. The van der Waals surface area contributed by atoms with E-state index in [0.29, 0.717) is 6.42 Å². The van der Waals surface area contributed by atoms with E-state index < -0.39 is 39.2 Å². The van der Waals surface area contributed by atoms with Crippen LogP contribution in [0.15, 0.2) is 47.4 Å². The highest BCUT2D eigenvalue weighted by atomic mass is 32.2. The lowest BCUT2D eigenvalue weighted by atomic mass is 10.1. The monoisotopic (exact) mass is 454 g/mol. The van der Waals surface area contributed by atoms with Crippen LogP contribution in [0.3, 0.4) is 0 Å². The summed E-state index contributed by atoms with van der Waals surface area (Å²) in [5.74, 6) is -2.85. The summed E-state index contributed by atoms with van der Waals surface area (Å²) in [5.41, 5.74) is 0.637. The molecule has 0 heterocycles. The van der Waals surface area contributed by atoms with Crippen LogP contribution in [0.5, 0.6) is 0 Å². The normalized spacial score (nSPS) is 11.4. The lowest BCUT2D eigenvalue weighted by Crippen LogP contribution is -2.31. The number of halogens is 2. The number of sulfonamides is 1. The topological polar surface area (TPSA) is 92.8 Å². The number of carbonyl (C=O) groups excluding carboxylic acids is 2. The van der Waals surface area contributed by atoms with Crippen LogP contribution < -0.4 is 5.32 Å². The summed E-state index contributed by atoms with van der Waals surface area (Å²) >= 11 is 0. The van der Waals surface area contributed by atoms with Gasteiger partial charge < -0.3 is 10.1 Å². The minimum Gasteiger partial charge on any atom is -0.452 e. The molecule has 0 saturated heterocycles. The first-order chi connectivity index (χ1) is 14.7. The van der Waals surface area contributed by atoms with Crippen LogP contribution in [-0.4, -0.2) is 50.8 Å². The highest BCUT2D eigenvalue weighted by Gasteiger charge is 2.26. The molecule has 2 rings (SSSR count). The molecule has 0 atom stereocenters. The van der Waals surface area contributed by atoms with Gasteiger partial charge in [0.15, 0.2) is 6.61 Å². The highest BCUT2D eigenvalue weighted by molar-refractivity contribution is 7.89. The van der Waals surface area contributed by atoms with E-state index >= 15 is 0 Å². The Kier molecular flexibility index (Phi) is 8.64. The Bertz CT molecular complexity index is 1020. The zero-order valence-corrected chi connectivity index (χ0v) is 18.0. The summed E-state index contributed by atoms with van der Waals surface area (Å²) in [6.45, 7) is 3.19. The predicted octanol–water partition coefficient (Wildman–Crippen LogP) is 2.51. The Balaban J connectivity index is 1.94. The summed E-state index contributed by atoms with van der Waals surface area (Å²) in [4.78, 5) is 23.4. The Hall–Kier alpha value is -2.85. The van der Waals surface area contributed by atoms with Crippen LogP contribution in [-0.2, 0) is 26.0 Å². The maximum absolute atomic E-state index is 14.1. The van der Waals surface area contributed by atoms with Crippen molar-refractivity contribution in [1.29, 1.82) is 0 Å². The molecule has 31 heavy (non-hydrogen) atoms. The number of amides is 1. The van der Waals surface area contributed by atoms with Gasteiger partial charge in [0, 0.05) is 19.6 Å². The van der Waals surface area contributed by atoms with Crippen molar-refractivity contribution in [2.24, 2.45) is 0 Å². The quantitative estimate of drug-likeness (QED) is 0.557. The molecule has 2 aromatic rings. The van der Waals surface area contributed by atoms with Crippen molar-refractivity contribution in [3.8, 4) is 0 Å². The minimum absolute atomic E-state index is 0.144. The van der Waals surface area contributed by atoms with E-state index in [0.717, 1.165) is 28.1 Å². The van der Waals surface area contributed by atoms with E-state index in [1.165, 1.54) is 12.1 Å². The number of ether oxygens (including phenoxy) is 1. The molecule has 0 aliphatic heterocycles. The molecule has 0 spiro atoms. The van der Waals surface area contributed by atoms with Gasteiger partial charge in [-0.05, 0) is 42.3 Å². The highest BCUT2D eigenvalue weighted by Crippen LogP contribution is 2.21. The van der Waals surface area contributed by atoms with Crippen molar-refractivity contribution < 1.29 is 31.5 Å². The minimum atomic E-state index is -4.11. The van der Waals surface area contributed by atoms with Gasteiger partial charge in [0.25, 0.3) is 5.91 Å². The van der Waals surface area contributed by atoms with Gasteiger partial charge in [-0.1, -0.05) is 26.0 Å². The smallest absolute Gasteiger partial charge is 0.338 e. The van der Waals surface area contributed by atoms with Crippen molar-refractivity contribution in [2.45, 2.75) is 25.2 Å². The first-order valence-electron chi connectivity index (χ1n) is 9.67. The molecule has 0 aliphatic carbocycles. The van der Waals surface area contributed by atoms with Crippen LogP contribution in [0.25, 0.3) is 0 Å². The molecule has 0 aromatic heterocycles. The van der Waals surface area contributed by atoms with Crippen molar-refractivity contribution in [2.75, 3.05) is 26.2 Å². The maximum atomic E-state index is 14.1. The fourth-order valence-electron chi connectivity index (χ4n) is 2.79. The van der Waals surface area contributed by atoms with Crippen molar-refractivity contribution in [1.82, 2.24) is 9.62 Å². The second-order valence-electron chi connectivity index (χ2n) is 6.54. The van der Waals surface area contributed by atoms with Crippen molar-refractivity contribution in [3.05, 3.63) is 65.2 Å². The molecule has 0 radical (unpaired) electrons. The summed E-state index contributed by atoms with van der Waals surface area (Å²) in [6, 6.07) is 8.69. The molecule has 1 amide bonds. The third kappa shape index (κ3) is 6.56. The van der Waals surface area contributed by atoms with E-state index in [1.807, 2.05) is 0 Å². The van der Waals surface area contributed by atoms with Crippen molar-refractivity contribution >= 4 is 21.9 Å². The van der Waals surface area contributed by atoms with Crippen LogP contribution in [0.2, 0.25) is 0 Å². The molecular weight excluding hydrogens is 430 g/mol. The first-order valence-corrected chi connectivity index (χ1v) is 11.1. The summed E-state index contributed by atoms with van der Waals surface area (Å²) < 4.78 is 58.1. The molecular formula is C21H24F2N2O5S. The van der Waals surface area contributed by atoms with Gasteiger partial charge >= 0.3 is 5.97 Å². The van der Waals surface area contributed by atoms with E-state index in [9.17, 15) is 26.8 Å². The standard InChI is InChI=1S/C21H24F2N2O5S/c1-3-25(4-2)31(28,29)19-13-16(7-10-18(19)23)21(27)30-14-20(26)24-12-11-15-5-8-17(22)9-6-15/h5-10,13H,3-4,11-12,14H2,1-2H3,(H,24,26). The molecule has 0 unspecified atom stereocenters. The van der Waals surface area contributed by atoms with E-state index in [1.54, 1.807) is 26.0 Å². The van der Waals surface area contributed by atoms with Crippen LogP contribution in [0.4, 0.5) is 8.78 Å². The molecule has 2 aromatic carbocycles. The number of esters is 1. The Morgan fingerprint density at radius 3 is 2.29 bits per heavy atom. The van der Waals surface area contributed by atoms with Gasteiger partial charge in [-0.2, -0.15) is 4.31 Å². The SMILES string of the molecule is CCN(CC)S(=O)(=O)c1cc(C(=O)OCC(=O)NCCc2ccc(F)cc2)ccc1F. The fraction of sp³-hybridized carbons (Fsp3) is 0.333. The third-order valence-corrected chi connectivity index (χ3v) is 6.54. The number of nitrogens with zero attached hydrogens (tertiary/aromatic N) is 1. The molecule has 0 fully saturated rings. The van der Waals surface area contributed by atoms with Gasteiger partial charge in [-0.15, -0.1) is 0 Å². The van der Waals surface area contributed by atoms with Gasteiger partial charge in [0.2, 0.25) is 10.0 Å². The summed E-state index contributed by atoms with van der Waals surface area (Å²) in [5, 5.41) is 2.56. The lowest BCUT2D eigenvalue weighted by molar-refractivity contribution is -0.124. The molecule has 1 N–H and O–H groups in total. The molecule has 0 bridgehead atoms. The summed E-state index contributed by atoms with van der Waals surface area (Å²) in [6.07, 6.45) is 0.463. The molecule has 7 nitrogen and oxygen atoms in total. The van der Waals surface area contributed by atoms with Gasteiger partial charge in [-0.3, -0.25) is 4.79 Å². The van der Waals surface area contributed by atoms with E-state index in [2.05, 4.69) is 5.32 Å². The van der Waals surface area contributed by atoms with Crippen LogP contribution >= 0.6 is 0 Å². The number of carbonyl (C=O) groups is 2. The average Bonchev–Trinajstić information content (AvgIpc) is 2.74. The van der Waals surface area contributed by atoms with Gasteiger partial charge in [0.05, 0.1) is 5.56 Å². The van der Waals surface area contributed by atoms with E-state index in [4.69, 9.17) is 4.74 Å². The number of hydrogen-bond donors (Lipinski definition) is 1. The predicted molar refractivity (Wildman–Crippen MR) is 110 cm³/mol. The Morgan fingerprint density at radius 2 is 1.68 bits per heavy atom. The number of rotatable bonds is 10. The third-order valence-electron chi connectivity index (χ3n) is 4.47. The number of benzene rings is 2. The van der Waals surface area contributed by atoms with Crippen LogP contribution in [0, 0.1) is 11.6 Å². The average molecular weight is 454 g/mol. The summed E-state index contributed by atoms with van der Waals surface area (Å²) in [7, 11) is -4.11. The Morgan fingerprint density at radius 1 is 1.03 bits per heavy atom. The molecule has 0 aliphatic rings. The van der Waals surface area contributed by atoms with Gasteiger partial charge in [0.1, 0.15) is 16.5 Å². The van der Waals surface area contributed by atoms with E-state index in [-0.39, 0.29) is 31.0 Å². The molecule has 10 heteroatoms. The maximum Gasteiger partial charge on any atom is 0.338 e. The van der Waals surface area contributed by atoms with Crippen molar-refractivity contribution in [3.63, 3.8) is 0 Å². The second-order valence-corrected chi connectivity index (χ2v) is 8.44. The first kappa shape index (κ1) is 24.4. The largest absolute Gasteiger partial charge is 0.452 e. The van der Waals surface area contributed by atoms with Crippen LogP contribution in [0.1, 0.15) is 29.8 Å². The number of hydrogen-bond acceptors (Lipinski definition) is 5. The lowest BCUT2D eigenvalue weighted by Gasteiger charge is -2.19. The number of nitrogens with one attached hydrogen (secondary N) is 1.